The molecule has 0 aliphatic rings. The lowest BCUT2D eigenvalue weighted by Crippen LogP contribution is -2.25. The van der Waals surface area contributed by atoms with E-state index in [9.17, 15) is 9.18 Å². The first-order valence-corrected chi connectivity index (χ1v) is 7.99. The molecule has 1 N–H and O–H groups in total. The van der Waals surface area contributed by atoms with E-state index in [1.54, 1.807) is 6.07 Å². The highest BCUT2D eigenvalue weighted by molar-refractivity contribution is 6.30. The lowest BCUT2D eigenvalue weighted by molar-refractivity contribution is -0.120. The maximum Gasteiger partial charge on any atom is 0.246 e. The first kappa shape index (κ1) is 17.1. The second-order valence-electron chi connectivity index (χ2n) is 5.57. The molecule has 0 bridgehead atoms. The Morgan fingerprint density at radius 3 is 2.88 bits per heavy atom. The molecule has 3 aromatic rings. The van der Waals surface area contributed by atoms with Crippen LogP contribution >= 0.6 is 11.6 Å². The Morgan fingerprint density at radius 2 is 2.12 bits per heavy atom. The van der Waals surface area contributed by atoms with Crippen molar-refractivity contribution in [2.45, 2.75) is 19.9 Å². The Labute approximate surface area is 148 Å². The normalized spacial score (nSPS) is 10.7. The van der Waals surface area contributed by atoms with Crippen LogP contribution in [0.3, 0.4) is 0 Å². The number of aryl methyl sites for hydroxylation is 1. The van der Waals surface area contributed by atoms with Gasteiger partial charge in [0.2, 0.25) is 17.6 Å². The largest absolute Gasteiger partial charge is 0.347 e. The maximum absolute atomic E-state index is 13.7. The van der Waals surface area contributed by atoms with E-state index >= 15 is 0 Å². The van der Waals surface area contributed by atoms with Gasteiger partial charge < -0.3 is 9.84 Å². The molecule has 0 atom stereocenters. The predicted octanol–water partition coefficient (Wildman–Crippen LogP) is 3.70. The summed E-state index contributed by atoms with van der Waals surface area (Å²) in [6.45, 7) is 2.05. The molecule has 0 unspecified atom stereocenters. The van der Waals surface area contributed by atoms with Gasteiger partial charge in [0.1, 0.15) is 5.82 Å². The van der Waals surface area contributed by atoms with Crippen molar-refractivity contribution < 1.29 is 13.7 Å². The van der Waals surface area contributed by atoms with Crippen LogP contribution in [0.15, 0.2) is 47.0 Å². The Balaban J connectivity index is 1.59. The van der Waals surface area contributed by atoms with E-state index in [2.05, 4.69) is 15.5 Å². The summed E-state index contributed by atoms with van der Waals surface area (Å²) in [6, 6.07) is 11.9. The molecule has 5 nitrogen and oxygen atoms in total. The van der Waals surface area contributed by atoms with Gasteiger partial charge in [-0.1, -0.05) is 46.6 Å². The number of benzene rings is 2. The summed E-state index contributed by atoms with van der Waals surface area (Å²) in [4.78, 5) is 16.2. The van der Waals surface area contributed by atoms with Crippen LogP contribution in [0.4, 0.5) is 4.39 Å². The van der Waals surface area contributed by atoms with E-state index in [0.717, 1.165) is 11.1 Å². The van der Waals surface area contributed by atoms with Crippen molar-refractivity contribution >= 4 is 17.5 Å². The smallest absolute Gasteiger partial charge is 0.246 e. The van der Waals surface area contributed by atoms with Gasteiger partial charge in [-0.15, -0.1) is 0 Å². The van der Waals surface area contributed by atoms with Crippen molar-refractivity contribution in [3.8, 4) is 11.4 Å². The van der Waals surface area contributed by atoms with Gasteiger partial charge in [0, 0.05) is 10.6 Å². The van der Waals surface area contributed by atoms with Gasteiger partial charge in [0.05, 0.1) is 13.0 Å². The molecule has 1 amide bonds. The second-order valence-corrected chi connectivity index (χ2v) is 6.01. The van der Waals surface area contributed by atoms with Gasteiger partial charge in [-0.25, -0.2) is 4.39 Å². The summed E-state index contributed by atoms with van der Waals surface area (Å²) in [5, 5.41) is 6.82. The highest BCUT2D eigenvalue weighted by Crippen LogP contribution is 2.17. The van der Waals surface area contributed by atoms with Crippen LogP contribution in [0.2, 0.25) is 5.02 Å². The van der Waals surface area contributed by atoms with Crippen LogP contribution < -0.4 is 5.32 Å². The number of hydrogen-bond acceptors (Lipinski definition) is 4. The Kier molecular flexibility index (Phi) is 5.09. The number of nitrogens with one attached hydrogen (secondary N) is 1. The van der Waals surface area contributed by atoms with Gasteiger partial charge >= 0.3 is 0 Å². The van der Waals surface area contributed by atoms with E-state index < -0.39 is 5.82 Å². The molecule has 0 aliphatic heterocycles. The molecule has 1 heterocycles. The molecular weight excluding hydrogens is 345 g/mol. The Morgan fingerprint density at radius 1 is 1.28 bits per heavy atom. The lowest BCUT2D eigenvalue weighted by atomic mass is 10.1. The summed E-state index contributed by atoms with van der Waals surface area (Å²) in [5.74, 6) is -0.128. The SMILES string of the molecule is Cc1cccc(-c2noc(CNC(=O)Cc3ccc(Cl)cc3F)n2)c1. The summed E-state index contributed by atoms with van der Waals surface area (Å²) in [7, 11) is 0. The topological polar surface area (TPSA) is 68.0 Å². The summed E-state index contributed by atoms with van der Waals surface area (Å²) in [5.41, 5.74) is 2.19. The first-order valence-electron chi connectivity index (χ1n) is 7.61. The van der Waals surface area contributed by atoms with Gasteiger partial charge in [0.25, 0.3) is 0 Å². The zero-order valence-electron chi connectivity index (χ0n) is 13.4. The number of carbonyl (C=O) groups is 1. The molecular formula is C18H15ClFN3O2. The highest BCUT2D eigenvalue weighted by Gasteiger charge is 2.12. The number of amides is 1. The molecule has 0 spiro atoms. The minimum Gasteiger partial charge on any atom is -0.347 e. The van der Waals surface area contributed by atoms with Gasteiger partial charge in [0.15, 0.2) is 0 Å². The molecule has 7 heteroatoms. The minimum atomic E-state index is -0.512. The number of hydrogen-bond donors (Lipinski definition) is 1. The van der Waals surface area contributed by atoms with Crippen molar-refractivity contribution in [2.24, 2.45) is 0 Å². The van der Waals surface area contributed by atoms with Gasteiger partial charge in [-0.3, -0.25) is 4.79 Å². The van der Waals surface area contributed by atoms with Crippen molar-refractivity contribution in [2.75, 3.05) is 0 Å². The summed E-state index contributed by atoms with van der Waals surface area (Å²) in [6.07, 6.45) is -0.0954. The number of nitrogens with zero attached hydrogens (tertiary/aromatic N) is 2. The molecule has 25 heavy (non-hydrogen) atoms. The Bertz CT molecular complexity index is 911. The molecule has 0 aliphatic carbocycles. The van der Waals surface area contributed by atoms with E-state index in [-0.39, 0.29) is 35.3 Å². The van der Waals surface area contributed by atoms with Crippen LogP contribution in [-0.4, -0.2) is 16.0 Å². The lowest BCUT2D eigenvalue weighted by Gasteiger charge is -2.04. The van der Waals surface area contributed by atoms with Crippen molar-refractivity contribution in [1.82, 2.24) is 15.5 Å². The molecule has 0 fully saturated rings. The zero-order chi connectivity index (χ0) is 17.8. The monoisotopic (exact) mass is 359 g/mol. The number of halogens is 2. The molecule has 3 rings (SSSR count). The summed E-state index contributed by atoms with van der Waals surface area (Å²) < 4.78 is 18.8. The third-order valence-electron chi connectivity index (χ3n) is 3.55. The molecule has 0 saturated carbocycles. The van der Waals surface area contributed by atoms with Crippen LogP contribution in [0, 0.1) is 12.7 Å². The van der Waals surface area contributed by atoms with Crippen LogP contribution in [0.1, 0.15) is 17.0 Å². The van der Waals surface area contributed by atoms with E-state index in [0.29, 0.717) is 5.82 Å². The second kappa shape index (κ2) is 7.44. The average molecular weight is 360 g/mol. The Hall–Kier alpha value is -2.73. The number of aromatic nitrogens is 2. The highest BCUT2D eigenvalue weighted by atomic mass is 35.5. The average Bonchev–Trinajstić information content (AvgIpc) is 3.05. The molecule has 128 valence electrons. The zero-order valence-corrected chi connectivity index (χ0v) is 14.2. The van der Waals surface area contributed by atoms with E-state index in [1.165, 1.54) is 12.1 Å². The number of carbonyl (C=O) groups excluding carboxylic acids is 1. The minimum absolute atomic E-state index is 0.0762. The van der Waals surface area contributed by atoms with E-state index in [4.69, 9.17) is 16.1 Å². The van der Waals surface area contributed by atoms with Crippen molar-refractivity contribution in [3.05, 3.63) is 70.3 Å². The number of rotatable bonds is 5. The fourth-order valence-corrected chi connectivity index (χ4v) is 2.46. The predicted molar refractivity (Wildman–Crippen MR) is 91.4 cm³/mol. The molecule has 0 radical (unpaired) electrons. The molecule has 1 aromatic heterocycles. The third kappa shape index (κ3) is 4.42. The van der Waals surface area contributed by atoms with Crippen molar-refractivity contribution in [1.29, 1.82) is 0 Å². The third-order valence-corrected chi connectivity index (χ3v) is 3.78. The standard InChI is InChI=1S/C18H15ClFN3O2/c1-11-3-2-4-13(7-11)18-22-17(25-23-18)10-21-16(24)8-12-5-6-14(19)9-15(12)20/h2-7,9H,8,10H2,1H3,(H,21,24). The first-order chi connectivity index (χ1) is 12.0. The van der Waals surface area contributed by atoms with E-state index in [1.807, 2.05) is 31.2 Å². The quantitative estimate of drug-likeness (QED) is 0.754. The fourth-order valence-electron chi connectivity index (χ4n) is 2.30. The van der Waals surface area contributed by atoms with Gasteiger partial charge in [-0.05, 0) is 30.7 Å². The molecule has 0 saturated heterocycles. The van der Waals surface area contributed by atoms with Crippen LogP contribution in [-0.2, 0) is 17.8 Å². The van der Waals surface area contributed by atoms with Crippen molar-refractivity contribution in [3.63, 3.8) is 0 Å². The van der Waals surface area contributed by atoms with Crippen LogP contribution in [0.25, 0.3) is 11.4 Å². The maximum atomic E-state index is 13.7. The summed E-state index contributed by atoms with van der Waals surface area (Å²) >= 11 is 5.69. The molecule has 2 aromatic carbocycles. The van der Waals surface area contributed by atoms with Gasteiger partial charge in [-0.2, -0.15) is 4.98 Å². The van der Waals surface area contributed by atoms with Crippen LogP contribution in [0.5, 0.6) is 0 Å². The fraction of sp³-hybridized carbons (Fsp3) is 0.167.